The lowest BCUT2D eigenvalue weighted by molar-refractivity contribution is -0.138. The minimum absolute atomic E-state index is 0.0746. The summed E-state index contributed by atoms with van der Waals surface area (Å²) in [6, 6.07) is 13.8. The minimum Gasteiger partial charge on any atom is -0.449 e. The average Bonchev–Trinajstić information content (AvgIpc) is 3.20. The van der Waals surface area contributed by atoms with E-state index in [2.05, 4.69) is 10.1 Å². The average molecular weight is 533 g/mol. The number of hydrogen-bond acceptors (Lipinski definition) is 4. The predicted molar refractivity (Wildman–Crippen MR) is 128 cm³/mol. The van der Waals surface area contributed by atoms with Gasteiger partial charge in [0.25, 0.3) is 0 Å². The molecule has 0 heterocycles. The number of carbonyl (C=O) groups excluding carboxylic acids is 2. The molecule has 1 aliphatic rings. The summed E-state index contributed by atoms with van der Waals surface area (Å²) in [5, 5.41) is 2.30. The second kappa shape index (κ2) is 10.4. The van der Waals surface area contributed by atoms with Crippen molar-refractivity contribution in [1.82, 2.24) is 5.32 Å². The molecular formula is C28H24F5NO4. The number of fused-ring (bicyclic) bond motifs is 3. The van der Waals surface area contributed by atoms with E-state index in [-0.39, 0.29) is 18.9 Å². The first-order chi connectivity index (χ1) is 17.9. The molecule has 0 saturated heterocycles. The number of alkyl carbamates (subject to hydrolysis) is 1. The zero-order chi connectivity index (χ0) is 27.8. The molecule has 10 heteroatoms. The molecule has 0 aliphatic heterocycles. The highest BCUT2D eigenvalue weighted by molar-refractivity contribution is 5.83. The van der Waals surface area contributed by atoms with Crippen LogP contribution in [0.5, 0.6) is 5.75 Å². The third-order valence-electron chi connectivity index (χ3n) is 6.11. The van der Waals surface area contributed by atoms with Crippen molar-refractivity contribution in [2.75, 3.05) is 6.61 Å². The SMILES string of the molecule is CC(C)(C)C[C@H](NC(=O)OCC1c2ccccc2-c2ccccc21)C(=O)Oc1c(F)c(F)c(F)c(F)c1F. The van der Waals surface area contributed by atoms with Crippen LogP contribution >= 0.6 is 0 Å². The van der Waals surface area contributed by atoms with Gasteiger partial charge >= 0.3 is 12.1 Å². The van der Waals surface area contributed by atoms with Crippen LogP contribution < -0.4 is 10.1 Å². The molecule has 1 N–H and O–H groups in total. The number of halogens is 5. The van der Waals surface area contributed by atoms with Crippen LogP contribution in [0.15, 0.2) is 48.5 Å². The van der Waals surface area contributed by atoms with Gasteiger partial charge in [-0.2, -0.15) is 8.78 Å². The summed E-state index contributed by atoms with van der Waals surface area (Å²) in [5.74, 6) is -14.9. The summed E-state index contributed by atoms with van der Waals surface area (Å²) in [7, 11) is 0. The van der Waals surface area contributed by atoms with Gasteiger partial charge in [0.2, 0.25) is 34.8 Å². The monoisotopic (exact) mass is 533 g/mol. The van der Waals surface area contributed by atoms with Crippen LogP contribution in [0.1, 0.15) is 44.2 Å². The van der Waals surface area contributed by atoms with Crippen molar-refractivity contribution in [3.8, 4) is 16.9 Å². The maximum Gasteiger partial charge on any atom is 0.407 e. The summed E-state index contributed by atoms with van der Waals surface area (Å²) in [6.07, 6.45) is -1.11. The van der Waals surface area contributed by atoms with Crippen molar-refractivity contribution in [1.29, 1.82) is 0 Å². The van der Waals surface area contributed by atoms with Gasteiger partial charge in [-0.05, 0) is 34.1 Å². The number of rotatable bonds is 6. The molecule has 0 unspecified atom stereocenters. The van der Waals surface area contributed by atoms with Gasteiger partial charge in [0.05, 0.1) is 0 Å². The number of esters is 1. The Morgan fingerprint density at radius 2 is 1.29 bits per heavy atom. The van der Waals surface area contributed by atoms with E-state index in [1.165, 1.54) is 0 Å². The van der Waals surface area contributed by atoms with Crippen LogP contribution in [-0.2, 0) is 9.53 Å². The lowest BCUT2D eigenvalue weighted by atomic mass is 9.88. The highest BCUT2D eigenvalue weighted by atomic mass is 19.2. The van der Waals surface area contributed by atoms with Crippen LogP contribution in [0, 0.1) is 34.5 Å². The number of amides is 1. The summed E-state index contributed by atoms with van der Waals surface area (Å²) < 4.78 is 78.5. The molecule has 5 nitrogen and oxygen atoms in total. The molecule has 1 atom stereocenters. The summed E-state index contributed by atoms with van der Waals surface area (Å²) >= 11 is 0. The number of carbonyl (C=O) groups is 2. The van der Waals surface area contributed by atoms with Crippen molar-refractivity contribution < 1.29 is 41.0 Å². The number of nitrogens with one attached hydrogen (secondary N) is 1. The van der Waals surface area contributed by atoms with E-state index in [0.717, 1.165) is 22.3 Å². The Balaban J connectivity index is 1.50. The normalized spacial score (nSPS) is 13.5. The van der Waals surface area contributed by atoms with Gasteiger partial charge in [-0.3, -0.25) is 0 Å². The highest BCUT2D eigenvalue weighted by Gasteiger charge is 2.34. The molecule has 1 aliphatic carbocycles. The largest absolute Gasteiger partial charge is 0.449 e. The first-order valence-electron chi connectivity index (χ1n) is 11.7. The van der Waals surface area contributed by atoms with Crippen LogP contribution in [-0.4, -0.2) is 24.7 Å². The molecule has 38 heavy (non-hydrogen) atoms. The fourth-order valence-corrected chi connectivity index (χ4v) is 4.43. The molecule has 0 spiro atoms. The number of benzene rings is 3. The Morgan fingerprint density at radius 1 is 0.816 bits per heavy atom. The lowest BCUT2D eigenvalue weighted by Crippen LogP contribution is -2.45. The Morgan fingerprint density at radius 3 is 1.79 bits per heavy atom. The van der Waals surface area contributed by atoms with Gasteiger partial charge in [-0.1, -0.05) is 69.3 Å². The van der Waals surface area contributed by atoms with Gasteiger partial charge in [0.15, 0.2) is 0 Å². The molecule has 0 saturated carbocycles. The van der Waals surface area contributed by atoms with Crippen LogP contribution in [0.2, 0.25) is 0 Å². The second-order valence-electron chi connectivity index (χ2n) is 10.1. The smallest absolute Gasteiger partial charge is 0.407 e. The topological polar surface area (TPSA) is 64.6 Å². The number of ether oxygens (including phenoxy) is 2. The van der Waals surface area contributed by atoms with Crippen molar-refractivity contribution >= 4 is 12.1 Å². The maximum absolute atomic E-state index is 14.1. The van der Waals surface area contributed by atoms with Gasteiger partial charge in [-0.15, -0.1) is 0 Å². The number of hydrogen-bond donors (Lipinski definition) is 1. The Hall–Kier alpha value is -3.95. The molecule has 200 valence electrons. The summed E-state index contributed by atoms with van der Waals surface area (Å²) in [4.78, 5) is 25.5. The fourth-order valence-electron chi connectivity index (χ4n) is 4.43. The third-order valence-corrected chi connectivity index (χ3v) is 6.11. The van der Waals surface area contributed by atoms with E-state index in [0.29, 0.717) is 0 Å². The highest BCUT2D eigenvalue weighted by Crippen LogP contribution is 2.44. The standard InChI is InChI=1S/C28H24F5NO4/c1-28(2,3)12-19(26(35)38-25-23(32)21(30)20(29)22(31)24(25)33)34-27(36)37-13-18-16-10-6-4-8-14(16)15-9-5-7-11-17(15)18/h4-11,18-19H,12-13H2,1-3H3,(H,34,36)/t19-/m0/s1. The van der Waals surface area contributed by atoms with Crippen LogP contribution in [0.4, 0.5) is 26.7 Å². The van der Waals surface area contributed by atoms with Gasteiger partial charge in [0, 0.05) is 5.92 Å². The zero-order valence-electron chi connectivity index (χ0n) is 20.7. The molecule has 0 fully saturated rings. The second-order valence-corrected chi connectivity index (χ2v) is 10.1. The first-order valence-corrected chi connectivity index (χ1v) is 11.7. The molecule has 0 bridgehead atoms. The van der Waals surface area contributed by atoms with Crippen LogP contribution in [0.3, 0.4) is 0 Å². The Bertz CT molecular complexity index is 1330. The lowest BCUT2D eigenvalue weighted by Gasteiger charge is -2.25. The van der Waals surface area contributed by atoms with Crippen molar-refractivity contribution in [2.24, 2.45) is 5.41 Å². The quantitative estimate of drug-likeness (QED) is 0.127. The van der Waals surface area contributed by atoms with Crippen molar-refractivity contribution in [2.45, 2.75) is 39.2 Å². The minimum atomic E-state index is -2.39. The van der Waals surface area contributed by atoms with Gasteiger partial charge in [0.1, 0.15) is 12.6 Å². The molecule has 3 aromatic carbocycles. The van der Waals surface area contributed by atoms with Crippen molar-refractivity contribution in [3.05, 3.63) is 88.7 Å². The maximum atomic E-state index is 14.1. The van der Waals surface area contributed by atoms with E-state index in [1.54, 1.807) is 20.8 Å². The molecule has 3 aromatic rings. The molecular weight excluding hydrogens is 509 g/mol. The zero-order valence-corrected chi connectivity index (χ0v) is 20.7. The Labute approximate surface area is 215 Å². The first kappa shape index (κ1) is 27.1. The molecule has 0 aromatic heterocycles. The molecule has 4 rings (SSSR count). The molecule has 0 radical (unpaired) electrons. The third kappa shape index (κ3) is 5.34. The van der Waals surface area contributed by atoms with E-state index >= 15 is 0 Å². The molecule has 1 amide bonds. The van der Waals surface area contributed by atoms with Crippen LogP contribution in [0.25, 0.3) is 11.1 Å². The Kier molecular flexibility index (Phi) is 7.44. The van der Waals surface area contributed by atoms with E-state index in [1.807, 2.05) is 48.5 Å². The summed E-state index contributed by atoms with van der Waals surface area (Å²) in [6.45, 7) is 5.07. The van der Waals surface area contributed by atoms with E-state index in [9.17, 15) is 31.5 Å². The van der Waals surface area contributed by atoms with E-state index < -0.39 is 58.4 Å². The predicted octanol–water partition coefficient (Wildman–Crippen LogP) is 6.63. The van der Waals surface area contributed by atoms with Crippen molar-refractivity contribution in [3.63, 3.8) is 0 Å². The van der Waals surface area contributed by atoms with Gasteiger partial charge in [-0.25, -0.2) is 22.8 Å². The van der Waals surface area contributed by atoms with E-state index in [4.69, 9.17) is 4.74 Å². The summed E-state index contributed by atoms with van der Waals surface area (Å²) in [5.41, 5.74) is 3.32. The van der Waals surface area contributed by atoms with Gasteiger partial charge < -0.3 is 14.8 Å². The fraction of sp³-hybridized carbons (Fsp3) is 0.286.